The van der Waals surface area contributed by atoms with Gasteiger partial charge < -0.3 is 11.1 Å². The largest absolute Gasteiger partial charge is 0.352 e. The molecule has 1 atom stereocenters. The molecule has 18 heavy (non-hydrogen) atoms. The Morgan fingerprint density at radius 1 is 1.44 bits per heavy atom. The molecule has 1 unspecified atom stereocenters. The van der Waals surface area contributed by atoms with E-state index < -0.39 is 0 Å². The maximum atomic E-state index is 11.8. The maximum absolute atomic E-state index is 11.8. The Morgan fingerprint density at radius 2 is 2.17 bits per heavy atom. The van der Waals surface area contributed by atoms with Gasteiger partial charge in [-0.25, -0.2) is 0 Å². The van der Waals surface area contributed by atoms with Crippen molar-refractivity contribution in [2.24, 2.45) is 11.1 Å². The van der Waals surface area contributed by atoms with Gasteiger partial charge in [-0.3, -0.25) is 4.79 Å². The molecular formula is C15H22N2O. The quantitative estimate of drug-likeness (QED) is 0.860. The summed E-state index contributed by atoms with van der Waals surface area (Å²) in [5.74, 6) is 0.0274. The van der Waals surface area contributed by atoms with Crippen LogP contribution in [0.4, 0.5) is 0 Å². The van der Waals surface area contributed by atoms with Crippen molar-refractivity contribution in [3.05, 3.63) is 34.9 Å². The Hall–Kier alpha value is -1.35. The lowest BCUT2D eigenvalue weighted by atomic mass is 9.78. The van der Waals surface area contributed by atoms with E-state index in [-0.39, 0.29) is 17.4 Å². The van der Waals surface area contributed by atoms with Crippen LogP contribution < -0.4 is 11.1 Å². The molecule has 2 rings (SSSR count). The second kappa shape index (κ2) is 4.73. The third-order valence-electron chi connectivity index (χ3n) is 4.17. The molecule has 0 fully saturated rings. The van der Waals surface area contributed by atoms with E-state index in [0.29, 0.717) is 0 Å². The second-order valence-electron chi connectivity index (χ2n) is 5.74. The van der Waals surface area contributed by atoms with Crippen LogP contribution in [-0.4, -0.2) is 12.5 Å². The minimum absolute atomic E-state index is 0.0274. The second-order valence-corrected chi connectivity index (χ2v) is 5.74. The summed E-state index contributed by atoms with van der Waals surface area (Å²) in [4.78, 5) is 11.8. The predicted molar refractivity (Wildman–Crippen MR) is 73.5 cm³/mol. The molecule has 1 aliphatic heterocycles. The summed E-state index contributed by atoms with van der Waals surface area (Å²) in [6.45, 7) is 7.21. The van der Waals surface area contributed by atoms with Crippen molar-refractivity contribution >= 4 is 5.91 Å². The molecule has 3 heteroatoms. The Labute approximate surface area is 109 Å². The van der Waals surface area contributed by atoms with E-state index in [2.05, 4.69) is 38.2 Å². The number of nitrogens with two attached hydrogens (primary N) is 1. The Balaban J connectivity index is 2.36. The van der Waals surface area contributed by atoms with Crippen molar-refractivity contribution in [1.82, 2.24) is 5.32 Å². The third kappa shape index (κ3) is 2.27. The molecule has 0 saturated carbocycles. The van der Waals surface area contributed by atoms with Crippen molar-refractivity contribution in [3.63, 3.8) is 0 Å². The van der Waals surface area contributed by atoms with Crippen LogP contribution in [0.2, 0.25) is 0 Å². The molecule has 1 aromatic rings. The summed E-state index contributed by atoms with van der Waals surface area (Å²) in [5, 5.41) is 2.88. The molecule has 0 aromatic heterocycles. The van der Waals surface area contributed by atoms with E-state index in [1.165, 1.54) is 0 Å². The van der Waals surface area contributed by atoms with E-state index in [4.69, 9.17) is 5.73 Å². The first-order valence-corrected chi connectivity index (χ1v) is 6.62. The molecule has 0 spiro atoms. The van der Waals surface area contributed by atoms with E-state index >= 15 is 0 Å². The van der Waals surface area contributed by atoms with Gasteiger partial charge in [0.25, 0.3) is 5.91 Å². The van der Waals surface area contributed by atoms with Gasteiger partial charge in [-0.2, -0.15) is 0 Å². The Kier molecular flexibility index (Phi) is 3.44. The fourth-order valence-corrected chi connectivity index (χ4v) is 2.29. The summed E-state index contributed by atoms with van der Waals surface area (Å²) in [5.41, 5.74) is 9.35. The van der Waals surface area contributed by atoms with Gasteiger partial charge in [-0.1, -0.05) is 32.9 Å². The average molecular weight is 246 g/mol. The molecular weight excluding hydrogens is 224 g/mol. The third-order valence-corrected chi connectivity index (χ3v) is 4.17. The summed E-state index contributed by atoms with van der Waals surface area (Å²) in [6, 6.07) is 6.04. The highest BCUT2D eigenvalue weighted by molar-refractivity contribution is 5.96. The van der Waals surface area contributed by atoms with Crippen molar-refractivity contribution in [2.75, 3.05) is 6.54 Å². The molecule has 98 valence electrons. The van der Waals surface area contributed by atoms with Crippen molar-refractivity contribution in [2.45, 2.75) is 39.7 Å². The standard InChI is InChI=1S/C15H22N2O/c1-4-15(2,3)13(16)11-6-5-10-7-8-17-14(18)12(10)9-11/h5-6,9,13H,4,7-8,16H2,1-3H3,(H,17,18). The minimum atomic E-state index is -0.0393. The average Bonchev–Trinajstić information content (AvgIpc) is 2.38. The van der Waals surface area contributed by atoms with Gasteiger partial charge >= 0.3 is 0 Å². The molecule has 0 bridgehead atoms. The first kappa shape index (κ1) is 13.1. The Bertz CT molecular complexity index is 466. The van der Waals surface area contributed by atoms with E-state index in [9.17, 15) is 4.79 Å². The van der Waals surface area contributed by atoms with Gasteiger partial charge in [-0.15, -0.1) is 0 Å². The number of fused-ring (bicyclic) bond motifs is 1. The normalized spacial score (nSPS) is 17.0. The van der Waals surface area contributed by atoms with Gasteiger partial charge in [0.2, 0.25) is 0 Å². The van der Waals surface area contributed by atoms with E-state index in [1.54, 1.807) is 0 Å². The number of carbonyl (C=O) groups excluding carboxylic acids is 1. The first-order valence-electron chi connectivity index (χ1n) is 6.62. The molecule has 3 N–H and O–H groups in total. The molecule has 1 amide bonds. The molecule has 1 aliphatic rings. The fraction of sp³-hybridized carbons (Fsp3) is 0.533. The lowest BCUT2D eigenvalue weighted by Gasteiger charge is -2.31. The number of hydrogen-bond donors (Lipinski definition) is 2. The zero-order valence-electron chi connectivity index (χ0n) is 11.4. The van der Waals surface area contributed by atoms with Gasteiger partial charge in [0.1, 0.15) is 0 Å². The van der Waals surface area contributed by atoms with Crippen LogP contribution >= 0.6 is 0 Å². The highest BCUT2D eigenvalue weighted by Crippen LogP contribution is 2.35. The van der Waals surface area contributed by atoms with Crippen LogP contribution in [0.25, 0.3) is 0 Å². The molecule has 3 nitrogen and oxygen atoms in total. The molecule has 1 heterocycles. The van der Waals surface area contributed by atoms with Crippen molar-refractivity contribution in [3.8, 4) is 0 Å². The zero-order valence-corrected chi connectivity index (χ0v) is 11.4. The summed E-state index contributed by atoms with van der Waals surface area (Å²) >= 11 is 0. The fourth-order valence-electron chi connectivity index (χ4n) is 2.29. The number of amides is 1. The van der Waals surface area contributed by atoms with Crippen LogP contribution in [0, 0.1) is 5.41 Å². The summed E-state index contributed by atoms with van der Waals surface area (Å²) < 4.78 is 0. The van der Waals surface area contributed by atoms with Crippen molar-refractivity contribution in [1.29, 1.82) is 0 Å². The van der Waals surface area contributed by atoms with Crippen LogP contribution in [-0.2, 0) is 6.42 Å². The van der Waals surface area contributed by atoms with Crippen LogP contribution in [0.1, 0.15) is 54.7 Å². The van der Waals surface area contributed by atoms with Crippen molar-refractivity contribution < 1.29 is 4.79 Å². The number of carbonyl (C=O) groups is 1. The number of hydrogen-bond acceptors (Lipinski definition) is 2. The number of rotatable bonds is 3. The van der Waals surface area contributed by atoms with E-state index in [1.807, 2.05) is 6.07 Å². The van der Waals surface area contributed by atoms with Gasteiger partial charge in [0.05, 0.1) is 0 Å². The number of benzene rings is 1. The highest BCUT2D eigenvalue weighted by atomic mass is 16.1. The summed E-state index contributed by atoms with van der Waals surface area (Å²) in [7, 11) is 0. The summed E-state index contributed by atoms with van der Waals surface area (Å²) in [6.07, 6.45) is 1.92. The molecule has 0 radical (unpaired) electrons. The maximum Gasteiger partial charge on any atom is 0.251 e. The lowest BCUT2D eigenvalue weighted by molar-refractivity contribution is 0.0945. The van der Waals surface area contributed by atoms with Gasteiger partial charge in [-0.05, 0) is 35.4 Å². The van der Waals surface area contributed by atoms with Crippen LogP contribution in [0.15, 0.2) is 18.2 Å². The topological polar surface area (TPSA) is 55.1 Å². The Morgan fingerprint density at radius 3 is 2.83 bits per heavy atom. The van der Waals surface area contributed by atoms with E-state index in [0.717, 1.165) is 36.1 Å². The first-order chi connectivity index (χ1) is 8.45. The number of nitrogens with one attached hydrogen (secondary N) is 1. The predicted octanol–water partition coefficient (Wildman–Crippen LogP) is 2.41. The highest BCUT2D eigenvalue weighted by Gasteiger charge is 2.27. The van der Waals surface area contributed by atoms with Gasteiger partial charge in [0.15, 0.2) is 0 Å². The van der Waals surface area contributed by atoms with Crippen LogP contribution in [0.5, 0.6) is 0 Å². The van der Waals surface area contributed by atoms with Gasteiger partial charge in [0, 0.05) is 18.2 Å². The lowest BCUT2D eigenvalue weighted by Crippen LogP contribution is -2.33. The van der Waals surface area contributed by atoms with Crippen LogP contribution in [0.3, 0.4) is 0 Å². The molecule has 0 saturated heterocycles. The smallest absolute Gasteiger partial charge is 0.251 e. The molecule has 0 aliphatic carbocycles. The monoisotopic (exact) mass is 246 g/mol. The molecule has 1 aromatic carbocycles. The minimum Gasteiger partial charge on any atom is -0.352 e. The SMILES string of the molecule is CCC(C)(C)C(N)c1ccc2c(c1)C(=O)NCC2. The zero-order chi connectivity index (χ0) is 13.3.